The van der Waals surface area contributed by atoms with Gasteiger partial charge in [0.25, 0.3) is 0 Å². The molecule has 0 saturated heterocycles. The lowest BCUT2D eigenvalue weighted by atomic mass is 10.2. The summed E-state index contributed by atoms with van der Waals surface area (Å²) in [6.45, 7) is 2.55. The van der Waals surface area contributed by atoms with Crippen molar-refractivity contribution in [1.82, 2.24) is 4.98 Å². The Kier molecular flexibility index (Phi) is 6.76. The highest BCUT2D eigenvalue weighted by molar-refractivity contribution is 7.90. The maximum Gasteiger partial charge on any atom is 0.156 e. The SMILES string of the molecule is CCOc1ccc(-c2nc(CS(=O)(=O)CCCCC#N)cs2)cc1. The first-order valence-electron chi connectivity index (χ1n) is 7.79. The fourth-order valence-electron chi connectivity index (χ4n) is 2.19. The zero-order valence-electron chi connectivity index (χ0n) is 13.6. The van der Waals surface area contributed by atoms with Crippen LogP contribution in [0.2, 0.25) is 0 Å². The third-order valence-electron chi connectivity index (χ3n) is 3.33. The van der Waals surface area contributed by atoms with Crippen molar-refractivity contribution in [3.05, 3.63) is 35.3 Å². The van der Waals surface area contributed by atoms with Gasteiger partial charge in [-0.05, 0) is 44.0 Å². The van der Waals surface area contributed by atoms with Gasteiger partial charge in [0.1, 0.15) is 10.8 Å². The highest BCUT2D eigenvalue weighted by atomic mass is 32.2. The summed E-state index contributed by atoms with van der Waals surface area (Å²) >= 11 is 1.44. The van der Waals surface area contributed by atoms with Gasteiger partial charge < -0.3 is 4.74 Å². The first-order chi connectivity index (χ1) is 11.5. The van der Waals surface area contributed by atoms with Crippen LogP contribution >= 0.6 is 11.3 Å². The lowest BCUT2D eigenvalue weighted by Gasteiger charge is -2.03. The fraction of sp³-hybridized carbons (Fsp3) is 0.412. The molecule has 0 amide bonds. The molecule has 1 aromatic heterocycles. The normalized spacial score (nSPS) is 11.2. The van der Waals surface area contributed by atoms with E-state index in [-0.39, 0.29) is 11.5 Å². The number of unbranched alkanes of at least 4 members (excludes halogenated alkanes) is 2. The highest BCUT2D eigenvalue weighted by Crippen LogP contribution is 2.26. The molecule has 0 fully saturated rings. The van der Waals surface area contributed by atoms with Crippen LogP contribution in [-0.4, -0.2) is 25.8 Å². The van der Waals surface area contributed by atoms with Crippen LogP contribution in [0.15, 0.2) is 29.6 Å². The van der Waals surface area contributed by atoms with Crippen molar-refractivity contribution in [1.29, 1.82) is 5.26 Å². The summed E-state index contributed by atoms with van der Waals surface area (Å²) in [5.74, 6) is 0.857. The monoisotopic (exact) mass is 364 g/mol. The van der Waals surface area contributed by atoms with E-state index in [1.165, 1.54) is 11.3 Å². The Morgan fingerprint density at radius 3 is 2.67 bits per heavy atom. The summed E-state index contributed by atoms with van der Waals surface area (Å²) in [5, 5.41) is 11.1. The molecule has 128 valence electrons. The van der Waals surface area contributed by atoms with Gasteiger partial charge in [-0.15, -0.1) is 11.3 Å². The summed E-state index contributed by atoms with van der Waals surface area (Å²) < 4.78 is 29.6. The number of nitrogens with zero attached hydrogens (tertiary/aromatic N) is 2. The summed E-state index contributed by atoms with van der Waals surface area (Å²) in [5.41, 5.74) is 1.52. The molecule has 7 heteroatoms. The molecule has 0 N–H and O–H groups in total. The van der Waals surface area contributed by atoms with Crippen LogP contribution < -0.4 is 4.74 Å². The van der Waals surface area contributed by atoms with Crippen molar-refractivity contribution < 1.29 is 13.2 Å². The Bertz CT molecular complexity index is 790. The number of thiazole rings is 1. The molecule has 1 heterocycles. The van der Waals surface area contributed by atoms with Crippen molar-refractivity contribution in [3.8, 4) is 22.4 Å². The molecule has 0 spiro atoms. The van der Waals surface area contributed by atoms with Crippen molar-refractivity contribution >= 4 is 21.2 Å². The summed E-state index contributed by atoms with van der Waals surface area (Å²) in [6, 6.07) is 9.63. The van der Waals surface area contributed by atoms with E-state index in [2.05, 4.69) is 4.98 Å². The van der Waals surface area contributed by atoms with Crippen LogP contribution in [0, 0.1) is 11.3 Å². The predicted molar refractivity (Wildman–Crippen MR) is 95.7 cm³/mol. The van der Waals surface area contributed by atoms with E-state index in [1.54, 1.807) is 5.38 Å². The van der Waals surface area contributed by atoms with Gasteiger partial charge in [-0.3, -0.25) is 0 Å². The number of sulfone groups is 1. The van der Waals surface area contributed by atoms with E-state index in [4.69, 9.17) is 10.00 Å². The molecule has 0 bridgehead atoms. The molecule has 0 unspecified atom stereocenters. The molecule has 5 nitrogen and oxygen atoms in total. The molecule has 0 aliphatic rings. The Balaban J connectivity index is 1.98. The van der Waals surface area contributed by atoms with Crippen LogP contribution in [-0.2, 0) is 15.6 Å². The van der Waals surface area contributed by atoms with Gasteiger partial charge in [0, 0.05) is 17.4 Å². The van der Waals surface area contributed by atoms with E-state index in [1.807, 2.05) is 37.3 Å². The van der Waals surface area contributed by atoms with Crippen LogP contribution in [0.4, 0.5) is 0 Å². The Hall–Kier alpha value is -1.91. The van der Waals surface area contributed by atoms with Gasteiger partial charge in [-0.2, -0.15) is 5.26 Å². The minimum Gasteiger partial charge on any atom is -0.494 e. The van der Waals surface area contributed by atoms with Gasteiger partial charge in [-0.25, -0.2) is 13.4 Å². The van der Waals surface area contributed by atoms with Crippen molar-refractivity contribution in [2.75, 3.05) is 12.4 Å². The number of rotatable bonds is 9. The predicted octanol–water partition coefficient (Wildman–Crippen LogP) is 3.82. The average molecular weight is 364 g/mol. The molecule has 0 aliphatic carbocycles. The zero-order chi connectivity index (χ0) is 17.4. The molecule has 0 atom stereocenters. The Labute approximate surface area is 146 Å². The third-order valence-corrected chi connectivity index (χ3v) is 5.91. The van der Waals surface area contributed by atoms with E-state index in [9.17, 15) is 8.42 Å². The average Bonchev–Trinajstić information content (AvgIpc) is 3.00. The number of ether oxygens (including phenoxy) is 1. The van der Waals surface area contributed by atoms with E-state index >= 15 is 0 Å². The maximum atomic E-state index is 12.1. The number of hydrogen-bond donors (Lipinski definition) is 0. The standard InChI is InChI=1S/C17H20N2O3S2/c1-2-22-16-8-6-14(7-9-16)17-19-15(12-23-17)13-24(20,21)11-5-3-4-10-18/h6-9,12H,2-5,11,13H2,1H3. The van der Waals surface area contributed by atoms with Gasteiger partial charge in [-0.1, -0.05) is 0 Å². The second-order valence-electron chi connectivity index (χ2n) is 5.31. The van der Waals surface area contributed by atoms with Crippen molar-refractivity contribution in [2.45, 2.75) is 31.9 Å². The lowest BCUT2D eigenvalue weighted by Crippen LogP contribution is -2.09. The molecule has 0 aliphatic heterocycles. The van der Waals surface area contributed by atoms with Crippen molar-refractivity contribution in [3.63, 3.8) is 0 Å². The minimum atomic E-state index is -3.18. The quantitative estimate of drug-likeness (QED) is 0.632. The van der Waals surface area contributed by atoms with Gasteiger partial charge in [0.05, 0.1) is 29.9 Å². The molecule has 0 saturated carbocycles. The third kappa shape index (κ3) is 5.62. The van der Waals surface area contributed by atoms with Crippen LogP contribution in [0.25, 0.3) is 10.6 Å². The number of aromatic nitrogens is 1. The maximum absolute atomic E-state index is 12.1. The number of nitriles is 1. The topological polar surface area (TPSA) is 80.0 Å². The zero-order valence-corrected chi connectivity index (χ0v) is 15.2. The van der Waals surface area contributed by atoms with Crippen LogP contribution in [0.1, 0.15) is 31.9 Å². The number of hydrogen-bond acceptors (Lipinski definition) is 6. The first-order valence-corrected chi connectivity index (χ1v) is 10.5. The van der Waals surface area contributed by atoms with Crippen LogP contribution in [0.5, 0.6) is 5.75 Å². The summed E-state index contributed by atoms with van der Waals surface area (Å²) in [7, 11) is -3.18. The second-order valence-corrected chi connectivity index (χ2v) is 8.35. The summed E-state index contributed by atoms with van der Waals surface area (Å²) in [4.78, 5) is 4.43. The molecule has 24 heavy (non-hydrogen) atoms. The summed E-state index contributed by atoms with van der Waals surface area (Å²) in [6.07, 6.45) is 1.53. The molecular formula is C17H20N2O3S2. The van der Waals surface area contributed by atoms with E-state index in [0.29, 0.717) is 31.6 Å². The van der Waals surface area contributed by atoms with E-state index < -0.39 is 9.84 Å². The minimum absolute atomic E-state index is 0.0485. The molecule has 1 aromatic carbocycles. The van der Waals surface area contributed by atoms with Crippen LogP contribution in [0.3, 0.4) is 0 Å². The highest BCUT2D eigenvalue weighted by Gasteiger charge is 2.15. The van der Waals surface area contributed by atoms with Gasteiger partial charge >= 0.3 is 0 Å². The number of benzene rings is 1. The fourth-order valence-corrected chi connectivity index (χ4v) is 4.51. The van der Waals surface area contributed by atoms with Gasteiger partial charge in [0.2, 0.25) is 0 Å². The lowest BCUT2D eigenvalue weighted by molar-refractivity contribution is 0.340. The molecule has 2 rings (SSSR count). The first kappa shape index (κ1) is 18.4. The molecule has 0 radical (unpaired) electrons. The second kappa shape index (κ2) is 8.81. The molecular weight excluding hydrogens is 344 g/mol. The Morgan fingerprint density at radius 2 is 2.00 bits per heavy atom. The largest absolute Gasteiger partial charge is 0.494 e. The van der Waals surface area contributed by atoms with Gasteiger partial charge in [0.15, 0.2) is 9.84 Å². The van der Waals surface area contributed by atoms with E-state index in [0.717, 1.165) is 16.3 Å². The van der Waals surface area contributed by atoms with Crippen molar-refractivity contribution in [2.24, 2.45) is 0 Å². The molecule has 2 aromatic rings. The Morgan fingerprint density at radius 1 is 1.25 bits per heavy atom. The smallest absolute Gasteiger partial charge is 0.156 e.